The molecule has 0 atom stereocenters. The Bertz CT molecular complexity index is 523. The molecule has 0 bridgehead atoms. The molecular formula is C13H17N3O2. The summed E-state index contributed by atoms with van der Waals surface area (Å²) < 4.78 is 7.29. The van der Waals surface area contributed by atoms with Crippen molar-refractivity contribution in [1.29, 1.82) is 0 Å². The maximum Gasteiger partial charge on any atom is 0.219 e. The van der Waals surface area contributed by atoms with E-state index in [-0.39, 0.29) is 6.61 Å². The number of aromatic nitrogens is 3. The lowest BCUT2D eigenvalue weighted by atomic mass is 10.2. The average molecular weight is 247 g/mol. The third kappa shape index (κ3) is 3.07. The van der Waals surface area contributed by atoms with E-state index in [0.29, 0.717) is 11.6 Å². The first-order chi connectivity index (χ1) is 8.71. The summed E-state index contributed by atoms with van der Waals surface area (Å²) in [6, 6.07) is 3.64. The second kappa shape index (κ2) is 5.64. The van der Waals surface area contributed by atoms with Crippen LogP contribution in [0.2, 0.25) is 0 Å². The summed E-state index contributed by atoms with van der Waals surface area (Å²) in [7, 11) is 1.83. The molecule has 0 aliphatic carbocycles. The lowest BCUT2D eigenvalue weighted by molar-refractivity contribution is 0.280. The van der Waals surface area contributed by atoms with Gasteiger partial charge in [-0.25, -0.2) is 4.98 Å². The van der Waals surface area contributed by atoms with Gasteiger partial charge in [-0.3, -0.25) is 4.68 Å². The van der Waals surface area contributed by atoms with Gasteiger partial charge in [-0.05, 0) is 18.1 Å². The van der Waals surface area contributed by atoms with E-state index in [9.17, 15) is 5.11 Å². The highest BCUT2D eigenvalue weighted by molar-refractivity contribution is 5.28. The first-order valence-electron chi connectivity index (χ1n) is 5.98. The monoisotopic (exact) mass is 247 g/mol. The van der Waals surface area contributed by atoms with E-state index in [1.54, 1.807) is 23.1 Å². The van der Waals surface area contributed by atoms with Crippen LogP contribution in [0.4, 0.5) is 0 Å². The minimum absolute atomic E-state index is 0.0113. The van der Waals surface area contributed by atoms with E-state index in [4.69, 9.17) is 4.74 Å². The Hall–Kier alpha value is -1.88. The highest BCUT2D eigenvalue weighted by Gasteiger charge is 2.05. The molecule has 0 aliphatic rings. The van der Waals surface area contributed by atoms with Crippen molar-refractivity contribution in [2.75, 3.05) is 0 Å². The highest BCUT2D eigenvalue weighted by atomic mass is 16.5. The van der Waals surface area contributed by atoms with Gasteiger partial charge >= 0.3 is 0 Å². The molecule has 18 heavy (non-hydrogen) atoms. The van der Waals surface area contributed by atoms with Crippen LogP contribution in [0.25, 0.3) is 0 Å². The van der Waals surface area contributed by atoms with Crippen molar-refractivity contribution in [2.24, 2.45) is 7.05 Å². The van der Waals surface area contributed by atoms with Crippen LogP contribution in [0, 0.1) is 0 Å². The number of hydrogen-bond donors (Lipinski definition) is 1. The summed E-state index contributed by atoms with van der Waals surface area (Å²) in [6.45, 7) is 2.08. The molecule has 96 valence electrons. The van der Waals surface area contributed by atoms with Gasteiger partial charge < -0.3 is 9.84 Å². The molecule has 0 saturated heterocycles. The van der Waals surface area contributed by atoms with Crippen LogP contribution in [-0.4, -0.2) is 19.9 Å². The van der Waals surface area contributed by atoms with Crippen molar-refractivity contribution >= 4 is 0 Å². The quantitative estimate of drug-likeness (QED) is 0.878. The third-order valence-electron chi connectivity index (χ3n) is 2.51. The van der Waals surface area contributed by atoms with Crippen molar-refractivity contribution in [3.8, 4) is 11.6 Å². The van der Waals surface area contributed by atoms with Crippen LogP contribution in [0.1, 0.15) is 24.6 Å². The van der Waals surface area contributed by atoms with Gasteiger partial charge in [-0.2, -0.15) is 5.10 Å². The topological polar surface area (TPSA) is 60.2 Å². The molecule has 0 radical (unpaired) electrons. The standard InChI is InChI=1S/C13H17N3O2/c1-3-4-11-5-10(9-17)6-13(15-11)18-12-7-14-16(2)8-12/h5-8,17H,3-4,9H2,1-2H3. The van der Waals surface area contributed by atoms with Crippen LogP contribution in [0.5, 0.6) is 11.6 Å². The van der Waals surface area contributed by atoms with Crippen LogP contribution in [0.3, 0.4) is 0 Å². The van der Waals surface area contributed by atoms with E-state index in [0.717, 1.165) is 24.1 Å². The Morgan fingerprint density at radius 3 is 2.83 bits per heavy atom. The summed E-state index contributed by atoms with van der Waals surface area (Å²) in [5, 5.41) is 13.3. The van der Waals surface area contributed by atoms with Gasteiger partial charge in [0.2, 0.25) is 5.88 Å². The van der Waals surface area contributed by atoms with Gasteiger partial charge in [0.15, 0.2) is 5.75 Å². The van der Waals surface area contributed by atoms with Crippen molar-refractivity contribution < 1.29 is 9.84 Å². The molecule has 2 aromatic heterocycles. The minimum atomic E-state index is -0.0113. The first-order valence-corrected chi connectivity index (χ1v) is 5.98. The Morgan fingerprint density at radius 2 is 2.22 bits per heavy atom. The number of aliphatic hydroxyl groups excluding tert-OH is 1. The molecule has 1 N–H and O–H groups in total. The smallest absolute Gasteiger partial charge is 0.219 e. The Labute approximate surface area is 106 Å². The zero-order valence-corrected chi connectivity index (χ0v) is 10.6. The van der Waals surface area contributed by atoms with Crippen molar-refractivity contribution in [1.82, 2.24) is 14.8 Å². The van der Waals surface area contributed by atoms with Gasteiger partial charge in [-0.1, -0.05) is 13.3 Å². The fourth-order valence-corrected chi connectivity index (χ4v) is 1.72. The highest BCUT2D eigenvalue weighted by Crippen LogP contribution is 2.21. The Balaban J connectivity index is 2.23. The summed E-state index contributed by atoms with van der Waals surface area (Å²) in [5.74, 6) is 1.14. The number of ether oxygens (including phenoxy) is 1. The molecule has 0 aromatic carbocycles. The van der Waals surface area contributed by atoms with Crippen molar-refractivity contribution in [2.45, 2.75) is 26.4 Å². The summed E-state index contributed by atoms with van der Waals surface area (Å²) >= 11 is 0. The molecule has 2 aromatic rings. The predicted molar refractivity (Wildman–Crippen MR) is 67.4 cm³/mol. The normalized spacial score (nSPS) is 10.6. The molecule has 2 heterocycles. The van der Waals surface area contributed by atoms with Crippen molar-refractivity contribution in [3.05, 3.63) is 35.8 Å². The number of rotatable bonds is 5. The first kappa shape index (κ1) is 12.6. The van der Waals surface area contributed by atoms with E-state index >= 15 is 0 Å². The lowest BCUT2D eigenvalue weighted by Gasteiger charge is -2.07. The number of nitrogens with zero attached hydrogens (tertiary/aromatic N) is 3. The molecule has 2 rings (SSSR count). The predicted octanol–water partition coefficient (Wildman–Crippen LogP) is 2.05. The zero-order chi connectivity index (χ0) is 13.0. The zero-order valence-electron chi connectivity index (χ0n) is 10.6. The SMILES string of the molecule is CCCc1cc(CO)cc(Oc2cnn(C)c2)n1. The lowest BCUT2D eigenvalue weighted by Crippen LogP contribution is -1.96. The molecule has 0 amide bonds. The van der Waals surface area contributed by atoms with Crippen LogP contribution < -0.4 is 4.74 Å². The number of pyridine rings is 1. The maximum atomic E-state index is 9.23. The number of aliphatic hydroxyl groups is 1. The van der Waals surface area contributed by atoms with Crippen LogP contribution >= 0.6 is 0 Å². The van der Waals surface area contributed by atoms with E-state index < -0.39 is 0 Å². The molecule has 5 heteroatoms. The molecule has 5 nitrogen and oxygen atoms in total. The molecule has 0 spiro atoms. The van der Waals surface area contributed by atoms with E-state index in [1.807, 2.05) is 13.1 Å². The van der Waals surface area contributed by atoms with Crippen LogP contribution in [0.15, 0.2) is 24.5 Å². The van der Waals surface area contributed by atoms with Gasteiger partial charge in [0.25, 0.3) is 0 Å². The fraction of sp³-hybridized carbons (Fsp3) is 0.385. The summed E-state index contributed by atoms with van der Waals surface area (Å²) in [5.41, 5.74) is 1.75. The Morgan fingerprint density at radius 1 is 1.39 bits per heavy atom. The van der Waals surface area contributed by atoms with Crippen molar-refractivity contribution in [3.63, 3.8) is 0 Å². The van der Waals surface area contributed by atoms with Gasteiger partial charge in [-0.15, -0.1) is 0 Å². The maximum absolute atomic E-state index is 9.23. The fourth-order valence-electron chi connectivity index (χ4n) is 1.72. The van der Waals surface area contributed by atoms with E-state index in [1.165, 1.54) is 0 Å². The molecule has 0 unspecified atom stereocenters. The summed E-state index contributed by atoms with van der Waals surface area (Å²) in [6.07, 6.45) is 5.28. The van der Waals surface area contributed by atoms with E-state index in [2.05, 4.69) is 17.0 Å². The minimum Gasteiger partial charge on any atom is -0.436 e. The van der Waals surface area contributed by atoms with Crippen LogP contribution in [-0.2, 0) is 20.1 Å². The molecule has 0 saturated carbocycles. The average Bonchev–Trinajstić information content (AvgIpc) is 2.75. The molecule has 0 aliphatic heterocycles. The largest absolute Gasteiger partial charge is 0.436 e. The van der Waals surface area contributed by atoms with Gasteiger partial charge in [0, 0.05) is 18.8 Å². The van der Waals surface area contributed by atoms with Gasteiger partial charge in [0.1, 0.15) is 0 Å². The molecule has 0 fully saturated rings. The molecular weight excluding hydrogens is 230 g/mol. The number of hydrogen-bond acceptors (Lipinski definition) is 4. The van der Waals surface area contributed by atoms with Gasteiger partial charge in [0.05, 0.1) is 19.0 Å². The Kier molecular flexibility index (Phi) is 3.94. The third-order valence-corrected chi connectivity index (χ3v) is 2.51. The number of aryl methyl sites for hydroxylation is 2. The summed E-state index contributed by atoms with van der Waals surface area (Å²) in [4.78, 5) is 4.41. The second-order valence-electron chi connectivity index (χ2n) is 4.16. The second-order valence-corrected chi connectivity index (χ2v) is 4.16.